The van der Waals surface area contributed by atoms with Crippen LogP contribution in [0.15, 0.2) is 29.2 Å². The second-order valence-corrected chi connectivity index (χ2v) is 5.63. The number of benzene rings is 1. The van der Waals surface area contributed by atoms with Gasteiger partial charge in [0.1, 0.15) is 0 Å². The van der Waals surface area contributed by atoms with Gasteiger partial charge in [-0.15, -0.1) is 11.8 Å². The third-order valence-corrected chi connectivity index (χ3v) is 4.06. The number of hydrogen-bond acceptors (Lipinski definition) is 3. The van der Waals surface area contributed by atoms with Crippen molar-refractivity contribution in [3.63, 3.8) is 0 Å². The summed E-state index contributed by atoms with van der Waals surface area (Å²) in [6.07, 6.45) is 0.813. The molecular formula is C14H23NOS. The van der Waals surface area contributed by atoms with E-state index in [2.05, 4.69) is 43.4 Å². The predicted octanol–water partition coefficient (Wildman–Crippen LogP) is 2.87. The molecule has 0 radical (unpaired) electrons. The maximum absolute atomic E-state index is 8.91. The van der Waals surface area contributed by atoms with Gasteiger partial charge >= 0.3 is 0 Å². The van der Waals surface area contributed by atoms with Crippen LogP contribution in [0.25, 0.3) is 0 Å². The van der Waals surface area contributed by atoms with Crippen molar-refractivity contribution in [3.8, 4) is 0 Å². The van der Waals surface area contributed by atoms with Crippen molar-refractivity contribution in [3.05, 3.63) is 29.8 Å². The molecular weight excluding hydrogens is 230 g/mol. The molecule has 3 heteroatoms. The molecule has 0 heterocycles. The van der Waals surface area contributed by atoms with E-state index in [1.165, 1.54) is 10.5 Å². The molecule has 0 aromatic heterocycles. The first-order valence-electron chi connectivity index (χ1n) is 6.18. The Balaban J connectivity index is 2.46. The lowest BCUT2D eigenvalue weighted by molar-refractivity contribution is 0.273. The standard InChI is InChI=1S/C14H23NOS/c1-11(2)12-4-6-14(7-5-12)17-10-13(15-3)8-9-16/h4-7,11,13,15-16H,8-10H2,1-3H3. The van der Waals surface area contributed by atoms with Crippen LogP contribution in [0.1, 0.15) is 31.7 Å². The minimum Gasteiger partial charge on any atom is -0.396 e. The molecule has 17 heavy (non-hydrogen) atoms. The Morgan fingerprint density at radius 1 is 1.24 bits per heavy atom. The highest BCUT2D eigenvalue weighted by molar-refractivity contribution is 7.99. The largest absolute Gasteiger partial charge is 0.396 e. The highest BCUT2D eigenvalue weighted by Crippen LogP contribution is 2.22. The van der Waals surface area contributed by atoms with E-state index in [1.807, 2.05) is 18.8 Å². The lowest BCUT2D eigenvalue weighted by Gasteiger charge is -2.14. The number of aliphatic hydroxyl groups is 1. The van der Waals surface area contributed by atoms with E-state index in [-0.39, 0.29) is 6.61 Å². The van der Waals surface area contributed by atoms with Crippen molar-refractivity contribution in [2.45, 2.75) is 37.1 Å². The topological polar surface area (TPSA) is 32.3 Å². The SMILES string of the molecule is CNC(CCO)CSc1ccc(C(C)C)cc1. The third kappa shape index (κ3) is 5.11. The van der Waals surface area contributed by atoms with Crippen LogP contribution in [0.3, 0.4) is 0 Å². The van der Waals surface area contributed by atoms with Crippen molar-refractivity contribution in [1.82, 2.24) is 5.32 Å². The Hall–Kier alpha value is -0.510. The molecule has 1 unspecified atom stereocenters. The number of nitrogens with one attached hydrogen (secondary N) is 1. The lowest BCUT2D eigenvalue weighted by atomic mass is 10.0. The summed E-state index contributed by atoms with van der Waals surface area (Å²) in [5, 5.41) is 12.1. The van der Waals surface area contributed by atoms with Crippen LogP contribution in [-0.4, -0.2) is 30.6 Å². The fraction of sp³-hybridized carbons (Fsp3) is 0.571. The van der Waals surface area contributed by atoms with Crippen LogP contribution in [0.2, 0.25) is 0 Å². The molecule has 0 saturated heterocycles. The van der Waals surface area contributed by atoms with Crippen molar-refractivity contribution in [2.75, 3.05) is 19.4 Å². The summed E-state index contributed by atoms with van der Waals surface area (Å²) in [6.45, 7) is 4.67. The van der Waals surface area contributed by atoms with E-state index in [9.17, 15) is 0 Å². The van der Waals surface area contributed by atoms with Gasteiger partial charge in [-0.05, 0) is 37.1 Å². The van der Waals surface area contributed by atoms with E-state index in [0.717, 1.165) is 12.2 Å². The molecule has 0 bridgehead atoms. The molecule has 0 spiro atoms. The fourth-order valence-corrected chi connectivity index (χ4v) is 2.67. The lowest BCUT2D eigenvalue weighted by Crippen LogP contribution is -2.28. The van der Waals surface area contributed by atoms with Gasteiger partial charge in [-0.25, -0.2) is 0 Å². The second-order valence-electron chi connectivity index (χ2n) is 4.53. The van der Waals surface area contributed by atoms with Gasteiger partial charge in [-0.2, -0.15) is 0 Å². The first kappa shape index (κ1) is 14.6. The molecule has 2 nitrogen and oxygen atoms in total. The second kappa shape index (κ2) is 7.75. The highest BCUT2D eigenvalue weighted by atomic mass is 32.2. The Kier molecular flexibility index (Phi) is 6.63. The first-order valence-corrected chi connectivity index (χ1v) is 7.16. The Morgan fingerprint density at radius 2 is 1.88 bits per heavy atom. The summed E-state index contributed by atoms with van der Waals surface area (Å²) in [6, 6.07) is 9.16. The third-order valence-electron chi connectivity index (χ3n) is 2.88. The van der Waals surface area contributed by atoms with Crippen LogP contribution in [0.4, 0.5) is 0 Å². The molecule has 0 aliphatic carbocycles. The van der Waals surface area contributed by atoms with Gasteiger partial charge in [0.2, 0.25) is 0 Å². The van der Waals surface area contributed by atoms with E-state index >= 15 is 0 Å². The molecule has 1 aromatic rings. The average Bonchev–Trinajstić information content (AvgIpc) is 2.35. The van der Waals surface area contributed by atoms with E-state index in [1.54, 1.807) is 0 Å². The molecule has 1 aromatic carbocycles. The molecule has 96 valence electrons. The first-order chi connectivity index (χ1) is 8.17. The summed E-state index contributed by atoms with van der Waals surface area (Å²) >= 11 is 1.84. The molecule has 0 aliphatic heterocycles. The summed E-state index contributed by atoms with van der Waals surface area (Å²) in [5.41, 5.74) is 1.38. The van der Waals surface area contributed by atoms with Crippen molar-refractivity contribution in [2.24, 2.45) is 0 Å². The summed E-state index contributed by atoms with van der Waals surface area (Å²) < 4.78 is 0. The van der Waals surface area contributed by atoms with Gasteiger partial charge in [0.25, 0.3) is 0 Å². The number of aliphatic hydroxyl groups excluding tert-OH is 1. The zero-order valence-corrected chi connectivity index (χ0v) is 11.8. The van der Waals surface area contributed by atoms with Gasteiger partial charge in [-0.1, -0.05) is 26.0 Å². The van der Waals surface area contributed by atoms with E-state index in [4.69, 9.17) is 5.11 Å². The highest BCUT2D eigenvalue weighted by Gasteiger charge is 2.06. The van der Waals surface area contributed by atoms with Gasteiger partial charge in [-0.3, -0.25) is 0 Å². The summed E-state index contributed by atoms with van der Waals surface area (Å²) in [7, 11) is 1.95. The minimum atomic E-state index is 0.248. The molecule has 0 fully saturated rings. The monoisotopic (exact) mass is 253 g/mol. The van der Waals surface area contributed by atoms with Crippen LogP contribution in [0.5, 0.6) is 0 Å². The average molecular weight is 253 g/mol. The quantitative estimate of drug-likeness (QED) is 0.733. The van der Waals surface area contributed by atoms with Crippen LogP contribution >= 0.6 is 11.8 Å². The number of rotatable bonds is 7. The fourth-order valence-electron chi connectivity index (χ4n) is 1.61. The van der Waals surface area contributed by atoms with Crippen LogP contribution in [-0.2, 0) is 0 Å². The summed E-state index contributed by atoms with van der Waals surface area (Å²) in [5.74, 6) is 1.59. The van der Waals surface area contributed by atoms with Crippen LogP contribution < -0.4 is 5.32 Å². The zero-order chi connectivity index (χ0) is 12.7. The minimum absolute atomic E-state index is 0.248. The molecule has 1 atom stereocenters. The van der Waals surface area contributed by atoms with Crippen molar-refractivity contribution in [1.29, 1.82) is 0 Å². The van der Waals surface area contributed by atoms with Gasteiger partial charge < -0.3 is 10.4 Å². The number of hydrogen-bond donors (Lipinski definition) is 2. The van der Waals surface area contributed by atoms with Gasteiger partial charge in [0.05, 0.1) is 0 Å². The van der Waals surface area contributed by atoms with Gasteiger partial charge in [0, 0.05) is 23.3 Å². The van der Waals surface area contributed by atoms with Gasteiger partial charge in [0.15, 0.2) is 0 Å². The zero-order valence-electron chi connectivity index (χ0n) is 10.9. The van der Waals surface area contributed by atoms with Crippen molar-refractivity contribution >= 4 is 11.8 Å². The smallest absolute Gasteiger partial charge is 0.0446 e. The molecule has 0 amide bonds. The maximum Gasteiger partial charge on any atom is 0.0446 e. The molecule has 1 rings (SSSR count). The van der Waals surface area contributed by atoms with E-state index in [0.29, 0.717) is 12.0 Å². The Bertz CT molecular complexity index is 311. The normalized spacial score (nSPS) is 13.0. The molecule has 2 N–H and O–H groups in total. The van der Waals surface area contributed by atoms with Crippen LogP contribution in [0, 0.1) is 0 Å². The van der Waals surface area contributed by atoms with Crippen molar-refractivity contribution < 1.29 is 5.11 Å². The maximum atomic E-state index is 8.91. The van der Waals surface area contributed by atoms with E-state index < -0.39 is 0 Å². The summed E-state index contributed by atoms with van der Waals surface area (Å²) in [4.78, 5) is 1.30. The molecule has 0 saturated carbocycles. The Labute approximate surface area is 109 Å². The predicted molar refractivity (Wildman–Crippen MR) is 75.8 cm³/mol. The Morgan fingerprint density at radius 3 is 2.35 bits per heavy atom. The molecule has 0 aliphatic rings. The number of thioether (sulfide) groups is 1.